The van der Waals surface area contributed by atoms with Crippen molar-refractivity contribution in [3.8, 4) is 0 Å². The molecule has 7 heteroatoms. The topological polar surface area (TPSA) is 74.3 Å². The molecule has 0 bridgehead atoms. The molecule has 6 rings (SSSR count). The van der Waals surface area contributed by atoms with Crippen LogP contribution in [-0.2, 0) is 4.79 Å². The summed E-state index contributed by atoms with van der Waals surface area (Å²) in [5.74, 6) is -1.28. The van der Waals surface area contributed by atoms with Crippen LogP contribution in [0.15, 0.2) is 60.8 Å². The molecule has 2 amide bonds. The van der Waals surface area contributed by atoms with Crippen molar-refractivity contribution < 1.29 is 14.0 Å². The van der Waals surface area contributed by atoms with E-state index in [9.17, 15) is 9.59 Å². The molecule has 6 nitrogen and oxygen atoms in total. The quantitative estimate of drug-likeness (QED) is 0.338. The van der Waals surface area contributed by atoms with Gasteiger partial charge in [-0.05, 0) is 93.3 Å². The third-order valence-corrected chi connectivity index (χ3v) is 9.38. The molecular weight excluding hydrogens is 515 g/mol. The summed E-state index contributed by atoms with van der Waals surface area (Å²) in [6, 6.07) is 16.6. The largest absolute Gasteiger partial charge is 0.382 e. The zero-order chi connectivity index (χ0) is 28.5. The molecule has 3 aromatic rings. The molecule has 2 heterocycles. The van der Waals surface area contributed by atoms with E-state index in [0.29, 0.717) is 23.7 Å². The van der Waals surface area contributed by atoms with E-state index >= 15 is 4.39 Å². The minimum absolute atomic E-state index is 0.0344. The van der Waals surface area contributed by atoms with Gasteiger partial charge in [-0.15, -0.1) is 0 Å². The van der Waals surface area contributed by atoms with Gasteiger partial charge in [-0.3, -0.25) is 14.6 Å². The van der Waals surface area contributed by atoms with Crippen molar-refractivity contribution in [3.05, 3.63) is 89.0 Å². The number of carbonyl (C=O) groups is 2. The molecule has 1 saturated heterocycles. The van der Waals surface area contributed by atoms with Gasteiger partial charge in [-0.2, -0.15) is 0 Å². The first-order valence-electron chi connectivity index (χ1n) is 15.1. The van der Waals surface area contributed by atoms with E-state index in [1.807, 2.05) is 36.1 Å². The lowest BCUT2D eigenvalue weighted by atomic mass is 9.76. The van der Waals surface area contributed by atoms with Crippen LogP contribution < -0.4 is 10.6 Å². The SMILES string of the molecule is Cc1ccc(NC(=O)C2C[C@@H]3CCC[C@@H]3N(C(=O)c3c(C)cccc3F)C2c2ccc(NC3CCCC3)cc2)cn1. The summed E-state index contributed by atoms with van der Waals surface area (Å²) in [4.78, 5) is 34.6. The van der Waals surface area contributed by atoms with Gasteiger partial charge in [0.05, 0.1) is 29.4 Å². The average molecular weight is 555 g/mol. The molecule has 2 unspecified atom stereocenters. The van der Waals surface area contributed by atoms with E-state index in [4.69, 9.17) is 0 Å². The van der Waals surface area contributed by atoms with Gasteiger partial charge in [0.1, 0.15) is 5.82 Å². The van der Waals surface area contributed by atoms with Crippen LogP contribution in [0.4, 0.5) is 15.8 Å². The first-order valence-corrected chi connectivity index (χ1v) is 15.1. The maximum Gasteiger partial charge on any atom is 0.257 e. The summed E-state index contributed by atoms with van der Waals surface area (Å²) in [5.41, 5.74) is 4.16. The molecule has 2 N–H and O–H groups in total. The number of likely N-dealkylation sites (tertiary alicyclic amines) is 1. The maximum absolute atomic E-state index is 15.2. The third-order valence-electron chi connectivity index (χ3n) is 9.38. The monoisotopic (exact) mass is 554 g/mol. The van der Waals surface area contributed by atoms with E-state index in [-0.39, 0.29) is 29.3 Å². The van der Waals surface area contributed by atoms with Gasteiger partial charge in [-0.1, -0.05) is 43.5 Å². The Bertz CT molecular complexity index is 1380. The van der Waals surface area contributed by atoms with Crippen molar-refractivity contribution >= 4 is 23.2 Å². The highest BCUT2D eigenvalue weighted by atomic mass is 19.1. The molecule has 1 aromatic heterocycles. The smallest absolute Gasteiger partial charge is 0.257 e. The lowest BCUT2D eigenvalue weighted by Gasteiger charge is -2.48. The molecule has 0 spiro atoms. The van der Waals surface area contributed by atoms with Crippen molar-refractivity contribution in [3.63, 3.8) is 0 Å². The second-order valence-corrected chi connectivity index (χ2v) is 12.1. The Morgan fingerprint density at radius 1 is 0.902 bits per heavy atom. The predicted molar refractivity (Wildman–Crippen MR) is 159 cm³/mol. The third kappa shape index (κ3) is 5.59. The number of pyridine rings is 1. The van der Waals surface area contributed by atoms with Crippen molar-refractivity contribution in [2.45, 2.75) is 83.3 Å². The summed E-state index contributed by atoms with van der Waals surface area (Å²) in [6.45, 7) is 3.68. The zero-order valence-corrected chi connectivity index (χ0v) is 23.9. The summed E-state index contributed by atoms with van der Waals surface area (Å²) in [7, 11) is 0. The Labute approximate surface area is 241 Å². The lowest BCUT2D eigenvalue weighted by Crippen LogP contribution is -2.54. The molecule has 2 aliphatic carbocycles. The number of hydrogen-bond acceptors (Lipinski definition) is 4. The maximum atomic E-state index is 15.2. The molecule has 3 fully saturated rings. The van der Waals surface area contributed by atoms with Crippen LogP contribution in [0.3, 0.4) is 0 Å². The number of fused-ring (bicyclic) bond motifs is 1. The molecule has 2 saturated carbocycles. The second-order valence-electron chi connectivity index (χ2n) is 12.1. The normalized spacial score (nSPS) is 24.2. The molecule has 0 radical (unpaired) electrons. The van der Waals surface area contributed by atoms with Crippen molar-refractivity contribution in [2.75, 3.05) is 10.6 Å². The number of anilines is 2. The van der Waals surface area contributed by atoms with Gasteiger partial charge in [0.25, 0.3) is 5.91 Å². The number of nitrogens with one attached hydrogen (secondary N) is 2. The van der Waals surface area contributed by atoms with Crippen LogP contribution in [0.2, 0.25) is 0 Å². The summed E-state index contributed by atoms with van der Waals surface area (Å²) in [6.07, 6.45) is 10.0. The Morgan fingerprint density at radius 2 is 1.66 bits per heavy atom. The van der Waals surface area contributed by atoms with Gasteiger partial charge >= 0.3 is 0 Å². The van der Waals surface area contributed by atoms with Crippen molar-refractivity contribution in [1.82, 2.24) is 9.88 Å². The van der Waals surface area contributed by atoms with Crippen molar-refractivity contribution in [1.29, 1.82) is 0 Å². The molecule has 41 heavy (non-hydrogen) atoms. The summed E-state index contributed by atoms with van der Waals surface area (Å²) < 4.78 is 15.2. The van der Waals surface area contributed by atoms with E-state index in [2.05, 4.69) is 27.8 Å². The second kappa shape index (κ2) is 11.6. The number of nitrogens with zero attached hydrogens (tertiary/aromatic N) is 2. The van der Waals surface area contributed by atoms with E-state index in [1.165, 1.54) is 31.7 Å². The van der Waals surface area contributed by atoms with Crippen LogP contribution in [0.1, 0.15) is 84.6 Å². The Hall–Kier alpha value is -3.74. The fraction of sp³-hybridized carbons (Fsp3) is 0.441. The summed E-state index contributed by atoms with van der Waals surface area (Å²) >= 11 is 0. The predicted octanol–water partition coefficient (Wildman–Crippen LogP) is 7.20. The number of hydrogen-bond donors (Lipinski definition) is 2. The van der Waals surface area contributed by atoms with E-state index in [1.54, 1.807) is 25.3 Å². The van der Waals surface area contributed by atoms with Gasteiger partial charge in [0, 0.05) is 23.5 Å². The molecule has 4 atom stereocenters. The Balaban J connectivity index is 1.39. The number of rotatable bonds is 6. The van der Waals surface area contributed by atoms with Crippen LogP contribution in [0.5, 0.6) is 0 Å². The highest BCUT2D eigenvalue weighted by Crippen LogP contribution is 2.49. The van der Waals surface area contributed by atoms with Crippen molar-refractivity contribution in [2.24, 2.45) is 11.8 Å². The first kappa shape index (κ1) is 27.4. The number of piperidine rings is 1. The molecular formula is C34H39FN4O2. The van der Waals surface area contributed by atoms with Crippen LogP contribution >= 0.6 is 0 Å². The fourth-order valence-corrected chi connectivity index (χ4v) is 7.32. The standard InChI is InChI=1S/C34H39FN4O2/c1-21-7-5-11-29(35)31(21)34(41)39-30-12-6-8-24(30)19-28(33(40)38-27-16-13-22(2)36-20-27)32(39)23-14-17-26(18-15-23)37-25-9-3-4-10-25/h5,7,11,13-18,20,24-25,28,30,32,37H,3-4,6,8-10,12,19H2,1-2H3,(H,38,40)/t24-,28?,30-,32?/m0/s1. The van der Waals surface area contributed by atoms with E-state index in [0.717, 1.165) is 36.2 Å². The number of benzene rings is 2. The van der Waals surface area contributed by atoms with Crippen LogP contribution in [0.25, 0.3) is 0 Å². The zero-order valence-electron chi connectivity index (χ0n) is 23.9. The van der Waals surface area contributed by atoms with Gasteiger partial charge in [-0.25, -0.2) is 4.39 Å². The van der Waals surface area contributed by atoms with Crippen LogP contribution in [0, 0.1) is 31.5 Å². The van der Waals surface area contributed by atoms with E-state index < -0.39 is 17.8 Å². The van der Waals surface area contributed by atoms with Crippen LogP contribution in [-0.4, -0.2) is 33.8 Å². The Morgan fingerprint density at radius 3 is 2.37 bits per heavy atom. The highest BCUT2D eigenvalue weighted by molar-refractivity contribution is 5.98. The van der Waals surface area contributed by atoms with Gasteiger partial charge < -0.3 is 15.5 Å². The first-order chi connectivity index (χ1) is 19.9. The summed E-state index contributed by atoms with van der Waals surface area (Å²) in [5, 5.41) is 6.71. The average Bonchev–Trinajstić information content (AvgIpc) is 3.66. The lowest BCUT2D eigenvalue weighted by molar-refractivity contribution is -0.125. The number of aryl methyl sites for hydroxylation is 2. The molecule has 214 valence electrons. The van der Waals surface area contributed by atoms with Gasteiger partial charge in [0.2, 0.25) is 5.91 Å². The number of halogens is 1. The minimum atomic E-state index is -0.517. The molecule has 1 aliphatic heterocycles. The number of carbonyl (C=O) groups excluding carboxylic acids is 2. The number of amides is 2. The Kier molecular flexibility index (Phi) is 7.78. The molecule has 3 aliphatic rings. The molecule has 2 aromatic carbocycles. The number of aromatic nitrogens is 1. The van der Waals surface area contributed by atoms with Gasteiger partial charge in [0.15, 0.2) is 0 Å². The highest BCUT2D eigenvalue weighted by Gasteiger charge is 2.50. The minimum Gasteiger partial charge on any atom is -0.382 e. The fourth-order valence-electron chi connectivity index (χ4n) is 7.32.